The van der Waals surface area contributed by atoms with Gasteiger partial charge in [0.25, 0.3) is 5.91 Å². The van der Waals surface area contributed by atoms with Gasteiger partial charge in [-0.25, -0.2) is 0 Å². The fourth-order valence-electron chi connectivity index (χ4n) is 5.22. The fraction of sp³-hybridized carbons (Fsp3) is 0.235. The number of aromatic nitrogens is 1. The van der Waals surface area contributed by atoms with Gasteiger partial charge in [0.1, 0.15) is 11.5 Å². The summed E-state index contributed by atoms with van der Waals surface area (Å²) in [5, 5.41) is 6.15. The molecule has 4 aromatic carbocycles. The van der Waals surface area contributed by atoms with Crippen molar-refractivity contribution in [2.75, 3.05) is 51.9 Å². The molecule has 5 aromatic rings. The van der Waals surface area contributed by atoms with Crippen LogP contribution in [0.1, 0.15) is 16.8 Å². The number of ether oxygens (including phenoxy) is 4. The van der Waals surface area contributed by atoms with E-state index in [9.17, 15) is 4.79 Å². The number of halogens is 2. The number of methoxy groups -OCH3 is 1. The van der Waals surface area contributed by atoms with E-state index in [2.05, 4.69) is 15.2 Å². The maximum Gasteiger partial charge on any atom is 0.256 e. The number of nitrogens with one attached hydrogen (secondary N) is 1. The summed E-state index contributed by atoms with van der Waals surface area (Å²) in [4.78, 5) is 20.1. The van der Waals surface area contributed by atoms with Crippen LogP contribution in [-0.2, 0) is 4.74 Å². The van der Waals surface area contributed by atoms with Crippen molar-refractivity contribution in [3.05, 3.63) is 94.6 Å². The molecular formula is C34H31Cl2N3O5. The number of pyridine rings is 1. The highest BCUT2D eigenvalue weighted by Crippen LogP contribution is 2.38. The third-order valence-electron chi connectivity index (χ3n) is 7.47. The highest BCUT2D eigenvalue weighted by Gasteiger charge is 2.16. The standard InChI is InChI=1S/C34H31Cl2N3O5/c1-41-32-20-27-29(21-33(32)43-15-3-12-39-13-16-42-17-14-39)37-11-10-31(27)44-24-7-8-25-22(18-24)4-2-5-26(25)34(40)38-30-19-23(35)6-9-28(30)36/h2,4-11,18-21H,3,12-17H2,1H3,(H,38,40). The molecule has 0 unspecified atom stereocenters. The number of amides is 1. The quantitative estimate of drug-likeness (QED) is 0.157. The van der Waals surface area contributed by atoms with Gasteiger partial charge >= 0.3 is 0 Å². The van der Waals surface area contributed by atoms with Crippen LogP contribution in [0.2, 0.25) is 10.0 Å². The molecule has 0 bridgehead atoms. The van der Waals surface area contributed by atoms with Gasteiger partial charge in [-0.15, -0.1) is 0 Å². The van der Waals surface area contributed by atoms with Gasteiger partial charge in [-0.05, 0) is 71.8 Å². The number of carbonyl (C=O) groups is 1. The first-order chi connectivity index (χ1) is 21.5. The Balaban J connectivity index is 1.19. The third kappa shape index (κ3) is 6.84. The lowest BCUT2D eigenvalue weighted by molar-refractivity contribution is 0.0357. The van der Waals surface area contributed by atoms with E-state index in [0.29, 0.717) is 50.9 Å². The summed E-state index contributed by atoms with van der Waals surface area (Å²) in [6.45, 7) is 5.01. The van der Waals surface area contributed by atoms with Crippen LogP contribution < -0.4 is 19.5 Å². The number of fused-ring (bicyclic) bond motifs is 2. The monoisotopic (exact) mass is 631 g/mol. The van der Waals surface area contributed by atoms with E-state index in [1.54, 1.807) is 37.6 Å². The summed E-state index contributed by atoms with van der Waals surface area (Å²) >= 11 is 12.3. The van der Waals surface area contributed by atoms with Gasteiger partial charge in [-0.3, -0.25) is 14.7 Å². The summed E-state index contributed by atoms with van der Waals surface area (Å²) in [6.07, 6.45) is 2.61. The van der Waals surface area contributed by atoms with Crippen molar-refractivity contribution in [2.24, 2.45) is 0 Å². The topological polar surface area (TPSA) is 82.2 Å². The van der Waals surface area contributed by atoms with Crippen LogP contribution in [0, 0.1) is 0 Å². The largest absolute Gasteiger partial charge is 0.493 e. The predicted octanol–water partition coefficient (Wildman–Crippen LogP) is 7.85. The molecule has 8 nitrogen and oxygen atoms in total. The third-order valence-corrected chi connectivity index (χ3v) is 8.03. The molecule has 0 atom stereocenters. The van der Waals surface area contributed by atoms with Gasteiger partial charge in [0, 0.05) is 47.9 Å². The average molecular weight is 633 g/mol. The molecule has 1 amide bonds. The second-order valence-electron chi connectivity index (χ2n) is 10.4. The van der Waals surface area contributed by atoms with E-state index in [1.165, 1.54) is 0 Å². The van der Waals surface area contributed by atoms with Crippen molar-refractivity contribution in [1.29, 1.82) is 0 Å². The lowest BCUT2D eigenvalue weighted by atomic mass is 10.0. The number of morpholine rings is 1. The molecule has 1 aliphatic rings. The van der Waals surface area contributed by atoms with Gasteiger partial charge in [-0.1, -0.05) is 35.3 Å². The van der Waals surface area contributed by atoms with E-state index in [4.69, 9.17) is 42.1 Å². The molecule has 1 aliphatic heterocycles. The average Bonchev–Trinajstić information content (AvgIpc) is 3.04. The lowest BCUT2D eigenvalue weighted by Gasteiger charge is -2.26. The van der Waals surface area contributed by atoms with Crippen LogP contribution in [0.4, 0.5) is 5.69 Å². The molecule has 0 radical (unpaired) electrons. The fourth-order valence-corrected chi connectivity index (χ4v) is 5.55. The summed E-state index contributed by atoms with van der Waals surface area (Å²) in [6, 6.07) is 21.6. The Labute approximate surface area is 265 Å². The molecule has 44 heavy (non-hydrogen) atoms. The molecule has 0 saturated carbocycles. The Bertz CT molecular complexity index is 1810. The first-order valence-electron chi connectivity index (χ1n) is 14.4. The van der Waals surface area contributed by atoms with Gasteiger partial charge in [-0.2, -0.15) is 0 Å². The zero-order valence-electron chi connectivity index (χ0n) is 24.1. The first-order valence-corrected chi connectivity index (χ1v) is 15.1. The normalized spacial score (nSPS) is 13.6. The number of hydrogen-bond acceptors (Lipinski definition) is 7. The van der Waals surface area contributed by atoms with Crippen molar-refractivity contribution in [1.82, 2.24) is 9.88 Å². The Morgan fingerprint density at radius 2 is 1.82 bits per heavy atom. The molecule has 0 aliphatic carbocycles. The van der Waals surface area contributed by atoms with E-state index in [1.807, 2.05) is 48.5 Å². The maximum absolute atomic E-state index is 13.2. The minimum absolute atomic E-state index is 0.292. The predicted molar refractivity (Wildman–Crippen MR) is 174 cm³/mol. The maximum atomic E-state index is 13.2. The van der Waals surface area contributed by atoms with Crippen LogP contribution >= 0.6 is 23.2 Å². The number of hydrogen-bond donors (Lipinski definition) is 1. The first kappa shape index (κ1) is 30.0. The summed E-state index contributed by atoms with van der Waals surface area (Å²) in [5.41, 5.74) is 1.68. The van der Waals surface area contributed by atoms with E-state index in [-0.39, 0.29) is 5.91 Å². The summed E-state index contributed by atoms with van der Waals surface area (Å²) in [5.74, 6) is 2.19. The number of carbonyl (C=O) groups excluding carboxylic acids is 1. The van der Waals surface area contributed by atoms with Gasteiger partial charge < -0.3 is 24.3 Å². The van der Waals surface area contributed by atoms with E-state index < -0.39 is 0 Å². The molecule has 1 fully saturated rings. The minimum Gasteiger partial charge on any atom is -0.493 e. The molecule has 226 valence electrons. The molecule has 1 saturated heterocycles. The Morgan fingerprint density at radius 3 is 2.66 bits per heavy atom. The Hall–Kier alpha value is -4.08. The Kier molecular flexibility index (Phi) is 9.33. The van der Waals surface area contributed by atoms with E-state index in [0.717, 1.165) is 60.9 Å². The van der Waals surface area contributed by atoms with Crippen molar-refractivity contribution >= 4 is 56.5 Å². The van der Waals surface area contributed by atoms with Gasteiger partial charge in [0.15, 0.2) is 11.5 Å². The summed E-state index contributed by atoms with van der Waals surface area (Å²) in [7, 11) is 1.62. The zero-order chi connectivity index (χ0) is 30.5. The van der Waals surface area contributed by atoms with Crippen molar-refractivity contribution in [2.45, 2.75) is 6.42 Å². The lowest BCUT2D eigenvalue weighted by Crippen LogP contribution is -2.37. The van der Waals surface area contributed by atoms with Crippen LogP contribution in [0.25, 0.3) is 21.7 Å². The second kappa shape index (κ2) is 13.7. The van der Waals surface area contributed by atoms with Gasteiger partial charge in [0.2, 0.25) is 0 Å². The number of rotatable bonds is 10. The van der Waals surface area contributed by atoms with Crippen molar-refractivity contribution in [3.8, 4) is 23.0 Å². The highest BCUT2D eigenvalue weighted by molar-refractivity contribution is 6.36. The molecular weight excluding hydrogens is 601 g/mol. The number of benzene rings is 4. The second-order valence-corrected chi connectivity index (χ2v) is 11.2. The summed E-state index contributed by atoms with van der Waals surface area (Å²) < 4.78 is 23.5. The SMILES string of the molecule is COc1cc2c(Oc3ccc4c(C(=O)Nc5cc(Cl)ccc5Cl)cccc4c3)ccnc2cc1OCCCN1CCOCC1. The molecule has 2 heterocycles. The minimum atomic E-state index is -0.292. The molecule has 1 aromatic heterocycles. The van der Waals surface area contributed by atoms with Gasteiger partial charge in [0.05, 0.1) is 43.2 Å². The number of nitrogens with zero attached hydrogens (tertiary/aromatic N) is 2. The zero-order valence-corrected chi connectivity index (χ0v) is 25.7. The van der Waals surface area contributed by atoms with Crippen LogP contribution in [0.3, 0.4) is 0 Å². The Morgan fingerprint density at radius 1 is 0.955 bits per heavy atom. The van der Waals surface area contributed by atoms with Crippen molar-refractivity contribution < 1.29 is 23.7 Å². The number of anilines is 1. The molecule has 0 spiro atoms. The van der Waals surface area contributed by atoms with E-state index >= 15 is 0 Å². The smallest absolute Gasteiger partial charge is 0.256 e. The van der Waals surface area contributed by atoms with Crippen molar-refractivity contribution in [3.63, 3.8) is 0 Å². The van der Waals surface area contributed by atoms with Crippen LogP contribution in [0.5, 0.6) is 23.0 Å². The molecule has 10 heteroatoms. The van der Waals surface area contributed by atoms with Crippen LogP contribution in [-0.4, -0.2) is 62.4 Å². The van der Waals surface area contributed by atoms with Crippen LogP contribution in [0.15, 0.2) is 79.0 Å². The highest BCUT2D eigenvalue weighted by atomic mass is 35.5. The molecule has 6 rings (SSSR count). The molecule has 1 N–H and O–H groups in total.